The van der Waals surface area contributed by atoms with Gasteiger partial charge in [-0.3, -0.25) is 0 Å². The van der Waals surface area contributed by atoms with E-state index >= 15 is 0 Å². The third-order valence-electron chi connectivity index (χ3n) is 2.90. The Morgan fingerprint density at radius 2 is 2.00 bits per heavy atom. The summed E-state index contributed by atoms with van der Waals surface area (Å²) in [5, 5.41) is 3.76. The summed E-state index contributed by atoms with van der Waals surface area (Å²) in [7, 11) is 0. The van der Waals surface area contributed by atoms with Gasteiger partial charge >= 0.3 is 0 Å². The van der Waals surface area contributed by atoms with Crippen LogP contribution in [0.15, 0.2) is 6.07 Å². The number of nitrogens with zero attached hydrogens (tertiary/aromatic N) is 2. The summed E-state index contributed by atoms with van der Waals surface area (Å²) in [6, 6.07) is 1.75. The molecule has 0 aromatic carbocycles. The Bertz CT molecular complexity index is 356. The molecule has 0 aliphatic carbocycles. The minimum Gasteiger partial charge on any atom is -0.374 e. The normalized spacial score (nSPS) is 10.9. The zero-order valence-corrected chi connectivity index (χ0v) is 12.1. The van der Waals surface area contributed by atoms with Gasteiger partial charge in [-0.05, 0) is 12.8 Å². The van der Waals surface area contributed by atoms with Crippen molar-refractivity contribution < 1.29 is 4.74 Å². The maximum absolute atomic E-state index is 5.97. The Balaban J connectivity index is 2.61. The molecule has 1 aromatic rings. The van der Waals surface area contributed by atoms with Crippen LogP contribution in [-0.4, -0.2) is 23.1 Å². The molecule has 0 amide bonds. The van der Waals surface area contributed by atoms with Gasteiger partial charge in [0.2, 0.25) is 0 Å². The van der Waals surface area contributed by atoms with Crippen LogP contribution in [0.1, 0.15) is 39.4 Å². The van der Waals surface area contributed by atoms with Crippen LogP contribution in [0, 0.1) is 5.92 Å². The molecule has 1 aromatic heterocycles. The minimum atomic E-state index is 0.400. The van der Waals surface area contributed by atoms with E-state index < -0.39 is 0 Å². The van der Waals surface area contributed by atoms with E-state index in [1.165, 1.54) is 0 Å². The molecule has 0 atom stereocenters. The molecule has 0 aliphatic rings. The number of hydrogen-bond donors (Lipinski definition) is 1. The highest BCUT2D eigenvalue weighted by molar-refractivity contribution is 6.29. The van der Waals surface area contributed by atoms with E-state index in [9.17, 15) is 0 Å². The second-order valence-electron chi connectivity index (χ2n) is 4.19. The fourth-order valence-electron chi connectivity index (χ4n) is 1.64. The second kappa shape index (κ2) is 8.27. The smallest absolute Gasteiger partial charge is 0.158 e. The summed E-state index contributed by atoms with van der Waals surface area (Å²) < 4.78 is 5.29. The predicted molar refractivity (Wildman–Crippen MR) is 74.9 cm³/mol. The van der Waals surface area contributed by atoms with Gasteiger partial charge in [0.15, 0.2) is 5.82 Å². The molecule has 0 saturated heterocycles. The molecular formula is C13H22ClN3O. The third kappa shape index (κ3) is 5.19. The van der Waals surface area contributed by atoms with Crippen molar-refractivity contribution >= 4 is 17.4 Å². The molecule has 1 heterocycles. The van der Waals surface area contributed by atoms with Crippen LogP contribution in [0.3, 0.4) is 0 Å². The van der Waals surface area contributed by atoms with Crippen molar-refractivity contribution in [2.75, 3.05) is 18.5 Å². The number of anilines is 1. The van der Waals surface area contributed by atoms with E-state index in [1.54, 1.807) is 6.07 Å². The zero-order valence-electron chi connectivity index (χ0n) is 11.4. The van der Waals surface area contributed by atoms with Crippen LogP contribution in [0.4, 0.5) is 5.82 Å². The first-order valence-corrected chi connectivity index (χ1v) is 6.92. The molecule has 1 rings (SSSR count). The van der Waals surface area contributed by atoms with Gasteiger partial charge in [0.05, 0.1) is 0 Å². The highest BCUT2D eigenvalue weighted by Gasteiger charge is 2.06. The summed E-state index contributed by atoms with van der Waals surface area (Å²) in [4.78, 5) is 8.51. The highest BCUT2D eigenvalue weighted by Crippen LogP contribution is 2.14. The van der Waals surface area contributed by atoms with Gasteiger partial charge in [0, 0.05) is 19.2 Å². The van der Waals surface area contributed by atoms with Gasteiger partial charge in [0.1, 0.15) is 17.6 Å². The lowest BCUT2D eigenvalue weighted by Crippen LogP contribution is -2.14. The molecule has 0 radical (unpaired) electrons. The Labute approximate surface area is 114 Å². The van der Waals surface area contributed by atoms with Crippen molar-refractivity contribution in [1.82, 2.24) is 9.97 Å². The first-order chi connectivity index (χ1) is 8.69. The predicted octanol–water partition coefficient (Wildman–Crippen LogP) is 3.51. The van der Waals surface area contributed by atoms with E-state index in [1.807, 2.05) is 6.92 Å². The molecule has 0 unspecified atom stereocenters. The van der Waals surface area contributed by atoms with E-state index in [0.717, 1.165) is 25.2 Å². The van der Waals surface area contributed by atoms with E-state index in [-0.39, 0.29) is 0 Å². The van der Waals surface area contributed by atoms with Crippen molar-refractivity contribution in [3.8, 4) is 0 Å². The van der Waals surface area contributed by atoms with Crippen LogP contribution in [0.5, 0.6) is 0 Å². The standard InChI is InChI=1S/C13H22ClN3O/c1-4-10(5-2)8-15-12-7-11(14)16-13(17-12)9-18-6-3/h7,10H,4-6,8-9H2,1-3H3,(H,15,16,17). The zero-order chi connectivity index (χ0) is 13.4. The number of hydrogen-bond acceptors (Lipinski definition) is 4. The molecule has 1 N–H and O–H groups in total. The first kappa shape index (κ1) is 15.2. The van der Waals surface area contributed by atoms with Crippen LogP contribution >= 0.6 is 11.6 Å². The Morgan fingerprint density at radius 3 is 2.61 bits per heavy atom. The summed E-state index contributed by atoms with van der Waals surface area (Å²) in [5.74, 6) is 2.06. The van der Waals surface area contributed by atoms with E-state index in [2.05, 4.69) is 29.1 Å². The van der Waals surface area contributed by atoms with E-state index in [4.69, 9.17) is 16.3 Å². The maximum atomic E-state index is 5.97. The number of ether oxygens (including phenoxy) is 1. The molecule has 102 valence electrons. The molecule has 18 heavy (non-hydrogen) atoms. The second-order valence-corrected chi connectivity index (χ2v) is 4.58. The summed E-state index contributed by atoms with van der Waals surface area (Å²) in [6.45, 7) is 8.29. The Hall–Kier alpha value is -0.870. The lowest BCUT2D eigenvalue weighted by Gasteiger charge is -2.14. The van der Waals surface area contributed by atoms with Crippen molar-refractivity contribution in [2.45, 2.75) is 40.2 Å². The lowest BCUT2D eigenvalue weighted by molar-refractivity contribution is 0.128. The highest BCUT2D eigenvalue weighted by atomic mass is 35.5. The SMILES string of the molecule is CCOCc1nc(Cl)cc(NCC(CC)CC)n1. The topological polar surface area (TPSA) is 47.0 Å². The quantitative estimate of drug-likeness (QED) is 0.735. The molecule has 0 fully saturated rings. The third-order valence-corrected chi connectivity index (χ3v) is 3.10. The van der Waals surface area contributed by atoms with Crippen molar-refractivity contribution in [2.24, 2.45) is 5.92 Å². The fraction of sp³-hybridized carbons (Fsp3) is 0.692. The average molecular weight is 272 g/mol. The van der Waals surface area contributed by atoms with Crippen LogP contribution in [-0.2, 0) is 11.3 Å². The van der Waals surface area contributed by atoms with Gasteiger partial charge in [-0.15, -0.1) is 0 Å². The molecule has 4 nitrogen and oxygen atoms in total. The van der Waals surface area contributed by atoms with Crippen molar-refractivity contribution in [3.05, 3.63) is 17.0 Å². The fourth-order valence-corrected chi connectivity index (χ4v) is 1.84. The Kier molecular flexibility index (Phi) is 6.98. The van der Waals surface area contributed by atoms with Crippen LogP contribution < -0.4 is 5.32 Å². The first-order valence-electron chi connectivity index (χ1n) is 6.54. The molecule has 0 bridgehead atoms. The van der Waals surface area contributed by atoms with Crippen LogP contribution in [0.25, 0.3) is 0 Å². The van der Waals surface area contributed by atoms with Gasteiger partial charge < -0.3 is 10.1 Å². The number of nitrogens with one attached hydrogen (secondary N) is 1. The molecule has 5 heteroatoms. The number of halogens is 1. The molecule has 0 aliphatic heterocycles. The number of aromatic nitrogens is 2. The molecule has 0 spiro atoms. The van der Waals surface area contributed by atoms with E-state index in [0.29, 0.717) is 30.1 Å². The summed E-state index contributed by atoms with van der Waals surface area (Å²) in [5.41, 5.74) is 0. The summed E-state index contributed by atoms with van der Waals surface area (Å²) >= 11 is 5.97. The largest absolute Gasteiger partial charge is 0.374 e. The Morgan fingerprint density at radius 1 is 1.28 bits per heavy atom. The maximum Gasteiger partial charge on any atom is 0.158 e. The van der Waals surface area contributed by atoms with Gasteiger partial charge in [-0.25, -0.2) is 9.97 Å². The van der Waals surface area contributed by atoms with Crippen molar-refractivity contribution in [3.63, 3.8) is 0 Å². The summed E-state index contributed by atoms with van der Waals surface area (Å²) in [6.07, 6.45) is 2.32. The van der Waals surface area contributed by atoms with Gasteiger partial charge in [-0.1, -0.05) is 38.3 Å². The number of rotatable bonds is 8. The van der Waals surface area contributed by atoms with Crippen LogP contribution in [0.2, 0.25) is 5.15 Å². The molecule has 0 saturated carbocycles. The van der Waals surface area contributed by atoms with Gasteiger partial charge in [0.25, 0.3) is 0 Å². The monoisotopic (exact) mass is 271 g/mol. The van der Waals surface area contributed by atoms with Crippen molar-refractivity contribution in [1.29, 1.82) is 0 Å². The minimum absolute atomic E-state index is 0.400. The van der Waals surface area contributed by atoms with Gasteiger partial charge in [-0.2, -0.15) is 0 Å². The average Bonchev–Trinajstić information content (AvgIpc) is 2.37. The lowest BCUT2D eigenvalue weighted by atomic mass is 10.0. The molecular weight excluding hydrogens is 250 g/mol.